The lowest BCUT2D eigenvalue weighted by atomic mass is 9.91. The molecule has 94 valence electrons. The normalized spacial score (nSPS) is 28.5. The van der Waals surface area contributed by atoms with Gasteiger partial charge in [0.1, 0.15) is 5.75 Å². The van der Waals surface area contributed by atoms with Gasteiger partial charge in [0.15, 0.2) is 10.8 Å². The number of benzene rings is 1. The predicted octanol–water partition coefficient (Wildman–Crippen LogP) is 1.61. The Morgan fingerprint density at radius 2 is 2.39 bits per heavy atom. The van der Waals surface area contributed by atoms with Gasteiger partial charge in [-0.2, -0.15) is 0 Å². The molecule has 1 fully saturated rings. The fourth-order valence-corrected chi connectivity index (χ4v) is 2.80. The van der Waals surface area contributed by atoms with E-state index in [0.717, 1.165) is 5.56 Å². The molecule has 2 aliphatic rings. The second-order valence-corrected chi connectivity index (χ2v) is 5.08. The molecule has 0 spiro atoms. The number of non-ortho nitro benzene ring substituents is 1. The van der Waals surface area contributed by atoms with E-state index >= 15 is 0 Å². The van der Waals surface area contributed by atoms with Crippen LogP contribution in [-0.2, 0) is 0 Å². The Bertz CT molecular complexity index is 562. The minimum absolute atomic E-state index is 0.0487. The number of rotatable bonds is 1. The van der Waals surface area contributed by atoms with Gasteiger partial charge >= 0.3 is 0 Å². The third-order valence-corrected chi connectivity index (χ3v) is 3.41. The van der Waals surface area contributed by atoms with Crippen LogP contribution in [0.1, 0.15) is 24.9 Å². The Balaban J connectivity index is 2.08. The zero-order chi connectivity index (χ0) is 12.9. The van der Waals surface area contributed by atoms with Crippen molar-refractivity contribution in [2.45, 2.75) is 25.1 Å². The molecule has 0 aliphatic carbocycles. The Hall–Kier alpha value is -1.89. The molecule has 2 heterocycles. The van der Waals surface area contributed by atoms with Crippen molar-refractivity contribution >= 4 is 23.0 Å². The molecule has 6 nitrogen and oxygen atoms in total. The van der Waals surface area contributed by atoms with Gasteiger partial charge < -0.3 is 15.4 Å². The second-order valence-electron chi connectivity index (χ2n) is 4.67. The third-order valence-electron chi connectivity index (χ3n) is 3.19. The van der Waals surface area contributed by atoms with Crippen LogP contribution in [0.15, 0.2) is 18.2 Å². The van der Waals surface area contributed by atoms with Gasteiger partial charge in [0.25, 0.3) is 5.69 Å². The van der Waals surface area contributed by atoms with Crippen LogP contribution in [-0.4, -0.2) is 15.8 Å². The summed E-state index contributed by atoms with van der Waals surface area (Å²) < 4.78 is 5.83. The lowest BCUT2D eigenvalue weighted by molar-refractivity contribution is -0.385. The van der Waals surface area contributed by atoms with Crippen molar-refractivity contribution in [2.75, 3.05) is 0 Å². The van der Waals surface area contributed by atoms with Crippen LogP contribution in [0.3, 0.4) is 0 Å². The maximum absolute atomic E-state index is 10.8. The SMILES string of the molecule is C[C@@]12C[C@H](NC(=S)N1)c1cc([N+](=O)[O-])ccc1O2. The van der Waals surface area contributed by atoms with Crippen LogP contribution in [0.4, 0.5) is 5.69 Å². The standard InChI is InChI=1S/C11H11N3O3S/c1-11-5-8(12-10(18)13-11)7-4-6(14(15)16)2-3-9(7)17-11/h2-4,8H,5H2,1H3,(H2,12,13,18)/t8-,11+/m0/s1. The van der Waals surface area contributed by atoms with E-state index in [1.165, 1.54) is 6.07 Å². The molecule has 0 radical (unpaired) electrons. The Morgan fingerprint density at radius 3 is 3.11 bits per heavy atom. The quantitative estimate of drug-likeness (QED) is 0.456. The molecule has 2 bridgehead atoms. The number of hydrogen-bond donors (Lipinski definition) is 2. The molecule has 1 aromatic carbocycles. The van der Waals surface area contributed by atoms with E-state index in [1.807, 2.05) is 6.92 Å². The van der Waals surface area contributed by atoms with E-state index in [0.29, 0.717) is 17.3 Å². The summed E-state index contributed by atoms with van der Waals surface area (Å²) in [5.41, 5.74) is 0.300. The first-order valence-electron chi connectivity index (χ1n) is 5.53. The minimum atomic E-state index is -0.546. The number of ether oxygens (including phenoxy) is 1. The van der Waals surface area contributed by atoms with Crippen molar-refractivity contribution in [3.8, 4) is 5.75 Å². The molecule has 2 atom stereocenters. The van der Waals surface area contributed by atoms with Crippen molar-refractivity contribution < 1.29 is 9.66 Å². The topological polar surface area (TPSA) is 76.4 Å². The van der Waals surface area contributed by atoms with Crippen LogP contribution < -0.4 is 15.4 Å². The molecule has 0 unspecified atom stereocenters. The average molecular weight is 265 g/mol. The van der Waals surface area contributed by atoms with Gasteiger partial charge in [-0.15, -0.1) is 0 Å². The van der Waals surface area contributed by atoms with Crippen molar-refractivity contribution in [2.24, 2.45) is 0 Å². The zero-order valence-corrected chi connectivity index (χ0v) is 10.4. The molecular weight excluding hydrogens is 254 g/mol. The van der Waals surface area contributed by atoms with Gasteiger partial charge in [-0.25, -0.2) is 0 Å². The Morgan fingerprint density at radius 1 is 1.61 bits per heavy atom. The molecule has 7 heteroatoms. The number of hydrogen-bond acceptors (Lipinski definition) is 4. The number of thiocarbonyl (C=S) groups is 1. The lowest BCUT2D eigenvalue weighted by Crippen LogP contribution is -2.62. The van der Waals surface area contributed by atoms with Crippen LogP contribution in [0.2, 0.25) is 0 Å². The van der Waals surface area contributed by atoms with E-state index in [9.17, 15) is 10.1 Å². The number of nitro groups is 1. The molecule has 2 N–H and O–H groups in total. The van der Waals surface area contributed by atoms with Crippen molar-refractivity contribution in [1.29, 1.82) is 0 Å². The van der Waals surface area contributed by atoms with Crippen LogP contribution in [0.25, 0.3) is 0 Å². The summed E-state index contributed by atoms with van der Waals surface area (Å²) in [6.45, 7) is 1.91. The minimum Gasteiger partial charge on any atom is -0.468 e. The fraction of sp³-hybridized carbons (Fsp3) is 0.364. The summed E-state index contributed by atoms with van der Waals surface area (Å²) in [4.78, 5) is 10.4. The smallest absolute Gasteiger partial charge is 0.270 e. The van der Waals surface area contributed by atoms with Gasteiger partial charge in [0.2, 0.25) is 0 Å². The predicted molar refractivity (Wildman–Crippen MR) is 68.4 cm³/mol. The summed E-state index contributed by atoms with van der Waals surface area (Å²) in [6, 6.07) is 4.57. The summed E-state index contributed by atoms with van der Waals surface area (Å²) in [7, 11) is 0. The van der Waals surface area contributed by atoms with E-state index < -0.39 is 10.6 Å². The monoisotopic (exact) mass is 265 g/mol. The molecule has 2 aliphatic heterocycles. The van der Waals surface area contributed by atoms with Crippen molar-refractivity contribution in [1.82, 2.24) is 10.6 Å². The zero-order valence-electron chi connectivity index (χ0n) is 9.60. The van der Waals surface area contributed by atoms with Crippen molar-refractivity contribution in [3.05, 3.63) is 33.9 Å². The molecular formula is C11H11N3O3S. The molecule has 0 amide bonds. The first-order chi connectivity index (χ1) is 8.47. The van der Waals surface area contributed by atoms with Gasteiger partial charge in [-0.05, 0) is 25.2 Å². The van der Waals surface area contributed by atoms with Gasteiger partial charge in [-0.1, -0.05) is 0 Å². The van der Waals surface area contributed by atoms with Crippen molar-refractivity contribution in [3.63, 3.8) is 0 Å². The first-order valence-corrected chi connectivity index (χ1v) is 5.94. The summed E-state index contributed by atoms with van der Waals surface area (Å²) >= 11 is 5.11. The molecule has 3 rings (SSSR count). The van der Waals surface area contributed by atoms with Gasteiger partial charge in [0.05, 0.1) is 11.0 Å². The number of nitrogens with one attached hydrogen (secondary N) is 2. The average Bonchev–Trinajstić information content (AvgIpc) is 2.26. The van der Waals surface area contributed by atoms with E-state index in [4.69, 9.17) is 17.0 Å². The highest BCUT2D eigenvalue weighted by atomic mass is 32.1. The van der Waals surface area contributed by atoms with E-state index in [2.05, 4.69) is 10.6 Å². The van der Waals surface area contributed by atoms with Crippen LogP contribution >= 0.6 is 12.2 Å². The van der Waals surface area contributed by atoms with Crippen LogP contribution in [0, 0.1) is 10.1 Å². The molecule has 1 saturated heterocycles. The highest BCUT2D eigenvalue weighted by Crippen LogP contribution is 2.41. The highest BCUT2D eigenvalue weighted by Gasteiger charge is 2.42. The molecule has 0 saturated carbocycles. The second kappa shape index (κ2) is 3.55. The Labute approximate surface area is 108 Å². The molecule has 0 aromatic heterocycles. The van der Waals surface area contributed by atoms with E-state index in [-0.39, 0.29) is 11.7 Å². The summed E-state index contributed by atoms with van der Waals surface area (Å²) in [5.74, 6) is 0.654. The van der Waals surface area contributed by atoms with E-state index in [1.54, 1.807) is 12.1 Å². The number of fused-ring (bicyclic) bond motifs is 4. The third kappa shape index (κ3) is 1.67. The van der Waals surface area contributed by atoms with Crippen LogP contribution in [0.5, 0.6) is 5.75 Å². The maximum Gasteiger partial charge on any atom is 0.270 e. The Kier molecular flexibility index (Phi) is 2.21. The van der Waals surface area contributed by atoms with Gasteiger partial charge in [-0.3, -0.25) is 10.1 Å². The summed E-state index contributed by atoms with van der Waals surface area (Å²) in [5, 5.41) is 17.5. The molecule has 1 aromatic rings. The summed E-state index contributed by atoms with van der Waals surface area (Å²) in [6.07, 6.45) is 0.668. The maximum atomic E-state index is 10.8. The van der Waals surface area contributed by atoms with Gasteiger partial charge in [0, 0.05) is 24.1 Å². The first kappa shape index (κ1) is 11.2. The number of nitro benzene ring substituents is 1. The fourth-order valence-electron chi connectivity index (χ4n) is 2.44. The number of nitrogens with zero attached hydrogens (tertiary/aromatic N) is 1. The molecule has 18 heavy (non-hydrogen) atoms. The lowest BCUT2D eigenvalue weighted by Gasteiger charge is -2.45. The largest absolute Gasteiger partial charge is 0.468 e. The highest BCUT2D eigenvalue weighted by molar-refractivity contribution is 7.80.